The molecular formula is C20H21BrN2O3. The van der Waals surface area contributed by atoms with Gasteiger partial charge in [0.2, 0.25) is 5.91 Å². The third kappa shape index (κ3) is 4.93. The van der Waals surface area contributed by atoms with Crippen molar-refractivity contribution in [3.63, 3.8) is 0 Å². The minimum absolute atomic E-state index is 0.118. The van der Waals surface area contributed by atoms with E-state index < -0.39 is 6.10 Å². The van der Waals surface area contributed by atoms with Crippen molar-refractivity contribution >= 4 is 33.4 Å². The van der Waals surface area contributed by atoms with E-state index in [-0.39, 0.29) is 18.2 Å². The van der Waals surface area contributed by atoms with Gasteiger partial charge < -0.3 is 15.3 Å². The van der Waals surface area contributed by atoms with Crippen LogP contribution in [0.25, 0.3) is 0 Å². The van der Waals surface area contributed by atoms with E-state index in [0.717, 1.165) is 22.9 Å². The molecular weight excluding hydrogens is 396 g/mol. The molecule has 26 heavy (non-hydrogen) atoms. The van der Waals surface area contributed by atoms with Crippen LogP contribution in [0.2, 0.25) is 0 Å². The Labute approximate surface area is 161 Å². The van der Waals surface area contributed by atoms with Crippen LogP contribution in [0.5, 0.6) is 0 Å². The summed E-state index contributed by atoms with van der Waals surface area (Å²) < 4.78 is 0.968. The highest BCUT2D eigenvalue weighted by Crippen LogP contribution is 2.17. The van der Waals surface area contributed by atoms with Gasteiger partial charge in [0.25, 0.3) is 5.91 Å². The van der Waals surface area contributed by atoms with Gasteiger partial charge in [0.05, 0.1) is 12.5 Å². The van der Waals surface area contributed by atoms with E-state index in [4.69, 9.17) is 0 Å². The van der Waals surface area contributed by atoms with Crippen LogP contribution < -0.4 is 5.32 Å². The molecule has 0 saturated carbocycles. The zero-order chi connectivity index (χ0) is 18.5. The quantitative estimate of drug-likeness (QED) is 0.803. The molecule has 0 spiro atoms. The van der Waals surface area contributed by atoms with Crippen LogP contribution in [0, 0.1) is 0 Å². The van der Waals surface area contributed by atoms with Gasteiger partial charge >= 0.3 is 0 Å². The minimum Gasteiger partial charge on any atom is -0.391 e. The van der Waals surface area contributed by atoms with Gasteiger partial charge in [0, 0.05) is 28.8 Å². The maximum absolute atomic E-state index is 12.6. The monoisotopic (exact) mass is 416 g/mol. The van der Waals surface area contributed by atoms with Crippen LogP contribution in [0.4, 0.5) is 5.69 Å². The molecule has 1 aliphatic rings. The third-order valence-corrected chi connectivity index (χ3v) is 4.88. The number of carbonyl (C=O) groups is 2. The lowest BCUT2D eigenvalue weighted by molar-refractivity contribution is -0.115. The molecule has 2 N–H and O–H groups in total. The zero-order valence-corrected chi connectivity index (χ0v) is 15.9. The van der Waals surface area contributed by atoms with E-state index in [1.807, 2.05) is 24.3 Å². The first-order valence-corrected chi connectivity index (χ1v) is 9.42. The molecule has 1 atom stereocenters. The molecule has 1 unspecified atom stereocenters. The van der Waals surface area contributed by atoms with E-state index in [2.05, 4.69) is 21.2 Å². The largest absolute Gasteiger partial charge is 0.391 e. The SMILES string of the molecule is O=C(Cc1ccc(Br)cc1)Nc1cccc(C(=O)N2CCCC(O)C2)c1. The maximum Gasteiger partial charge on any atom is 0.254 e. The Morgan fingerprint density at radius 1 is 1.19 bits per heavy atom. The smallest absolute Gasteiger partial charge is 0.254 e. The van der Waals surface area contributed by atoms with Crippen molar-refractivity contribution in [2.45, 2.75) is 25.4 Å². The van der Waals surface area contributed by atoms with Gasteiger partial charge in [-0.3, -0.25) is 9.59 Å². The first kappa shape index (κ1) is 18.6. The van der Waals surface area contributed by atoms with Crippen LogP contribution in [-0.2, 0) is 11.2 Å². The number of aliphatic hydroxyl groups excluding tert-OH is 1. The highest BCUT2D eigenvalue weighted by Gasteiger charge is 2.23. The Hall–Kier alpha value is -2.18. The van der Waals surface area contributed by atoms with Crippen molar-refractivity contribution in [1.82, 2.24) is 4.90 Å². The van der Waals surface area contributed by atoms with Crippen molar-refractivity contribution in [2.75, 3.05) is 18.4 Å². The number of anilines is 1. The fourth-order valence-electron chi connectivity index (χ4n) is 3.04. The molecule has 6 heteroatoms. The van der Waals surface area contributed by atoms with E-state index in [9.17, 15) is 14.7 Å². The lowest BCUT2D eigenvalue weighted by Gasteiger charge is -2.30. The molecule has 5 nitrogen and oxygen atoms in total. The Bertz CT molecular complexity index is 792. The van der Waals surface area contributed by atoms with E-state index in [1.54, 1.807) is 29.2 Å². The second-order valence-corrected chi connectivity index (χ2v) is 7.40. The van der Waals surface area contributed by atoms with Crippen LogP contribution >= 0.6 is 15.9 Å². The van der Waals surface area contributed by atoms with Crippen LogP contribution in [0.1, 0.15) is 28.8 Å². The number of hydrogen-bond donors (Lipinski definition) is 2. The molecule has 1 fully saturated rings. The predicted molar refractivity (Wildman–Crippen MR) is 104 cm³/mol. The molecule has 2 aromatic carbocycles. The fraction of sp³-hybridized carbons (Fsp3) is 0.300. The summed E-state index contributed by atoms with van der Waals surface area (Å²) >= 11 is 3.37. The van der Waals surface area contributed by atoms with Gasteiger partial charge in [0.15, 0.2) is 0 Å². The molecule has 0 bridgehead atoms. The third-order valence-electron chi connectivity index (χ3n) is 4.35. The van der Waals surface area contributed by atoms with E-state index >= 15 is 0 Å². The van der Waals surface area contributed by atoms with Gasteiger partial charge in [-0.2, -0.15) is 0 Å². The summed E-state index contributed by atoms with van der Waals surface area (Å²) in [5.74, 6) is -0.252. The number of rotatable bonds is 4. The average Bonchev–Trinajstić information content (AvgIpc) is 2.63. The molecule has 1 aliphatic heterocycles. The molecule has 2 aromatic rings. The first-order valence-electron chi connectivity index (χ1n) is 8.63. The number of amides is 2. The second-order valence-electron chi connectivity index (χ2n) is 6.48. The predicted octanol–water partition coefficient (Wildman–Crippen LogP) is 3.23. The minimum atomic E-state index is -0.457. The Morgan fingerprint density at radius 2 is 1.96 bits per heavy atom. The van der Waals surface area contributed by atoms with E-state index in [0.29, 0.717) is 24.3 Å². The van der Waals surface area contributed by atoms with Crippen molar-refractivity contribution in [1.29, 1.82) is 0 Å². The van der Waals surface area contributed by atoms with Crippen molar-refractivity contribution in [2.24, 2.45) is 0 Å². The normalized spacial score (nSPS) is 17.0. The molecule has 1 saturated heterocycles. The average molecular weight is 417 g/mol. The Morgan fingerprint density at radius 3 is 2.69 bits per heavy atom. The number of halogens is 1. The summed E-state index contributed by atoms with van der Waals surface area (Å²) in [6.07, 6.45) is 1.34. The lowest BCUT2D eigenvalue weighted by atomic mass is 10.1. The summed E-state index contributed by atoms with van der Waals surface area (Å²) in [5.41, 5.74) is 2.02. The number of benzene rings is 2. The first-order chi connectivity index (χ1) is 12.5. The number of aliphatic hydroxyl groups is 1. The Kier molecular flexibility index (Phi) is 6.06. The molecule has 2 amide bonds. The number of nitrogens with zero attached hydrogens (tertiary/aromatic N) is 1. The number of hydrogen-bond acceptors (Lipinski definition) is 3. The topological polar surface area (TPSA) is 69.6 Å². The maximum atomic E-state index is 12.6. The number of likely N-dealkylation sites (tertiary alicyclic amines) is 1. The van der Waals surface area contributed by atoms with Crippen LogP contribution in [0.3, 0.4) is 0 Å². The molecule has 0 aliphatic carbocycles. The van der Waals surface area contributed by atoms with Crippen molar-refractivity contribution in [3.05, 3.63) is 64.1 Å². The van der Waals surface area contributed by atoms with Crippen LogP contribution in [-0.4, -0.2) is 41.0 Å². The highest BCUT2D eigenvalue weighted by molar-refractivity contribution is 9.10. The van der Waals surface area contributed by atoms with Crippen molar-refractivity contribution in [3.8, 4) is 0 Å². The zero-order valence-electron chi connectivity index (χ0n) is 14.3. The van der Waals surface area contributed by atoms with Gasteiger partial charge in [-0.25, -0.2) is 0 Å². The molecule has 1 heterocycles. The molecule has 0 aromatic heterocycles. The van der Waals surface area contributed by atoms with Gasteiger partial charge in [-0.05, 0) is 48.7 Å². The number of nitrogens with one attached hydrogen (secondary N) is 1. The molecule has 3 rings (SSSR count). The van der Waals surface area contributed by atoms with Gasteiger partial charge in [0.1, 0.15) is 0 Å². The number of piperidine rings is 1. The van der Waals surface area contributed by atoms with Crippen LogP contribution in [0.15, 0.2) is 53.0 Å². The fourth-order valence-corrected chi connectivity index (χ4v) is 3.31. The summed E-state index contributed by atoms with van der Waals surface area (Å²) in [6.45, 7) is 1.01. The van der Waals surface area contributed by atoms with Crippen molar-refractivity contribution < 1.29 is 14.7 Å². The number of carbonyl (C=O) groups excluding carboxylic acids is 2. The molecule has 136 valence electrons. The Balaban J connectivity index is 1.64. The summed E-state index contributed by atoms with van der Waals surface area (Å²) in [5, 5.41) is 12.6. The van der Waals surface area contributed by atoms with Gasteiger partial charge in [-0.1, -0.05) is 34.1 Å². The molecule has 0 radical (unpaired) electrons. The summed E-state index contributed by atoms with van der Waals surface area (Å²) in [6, 6.07) is 14.5. The summed E-state index contributed by atoms with van der Waals surface area (Å²) in [7, 11) is 0. The highest BCUT2D eigenvalue weighted by atomic mass is 79.9. The van der Waals surface area contributed by atoms with E-state index in [1.165, 1.54) is 0 Å². The van der Waals surface area contributed by atoms with Gasteiger partial charge in [-0.15, -0.1) is 0 Å². The second kappa shape index (κ2) is 8.47. The number of β-amino-alcohol motifs (C(OH)–C–C–N with tert-alkyl or cyclic N) is 1. The summed E-state index contributed by atoms with van der Waals surface area (Å²) in [4.78, 5) is 26.5. The lowest BCUT2D eigenvalue weighted by Crippen LogP contribution is -2.42. The standard InChI is InChI=1S/C20H21BrN2O3/c21-16-8-6-14(7-9-16)11-19(25)22-17-4-1-3-15(12-17)20(26)23-10-2-5-18(24)13-23/h1,3-4,6-9,12,18,24H,2,5,10-11,13H2,(H,22,25).